The van der Waals surface area contributed by atoms with Crippen LogP contribution in [0.25, 0.3) is 0 Å². The third-order valence-electron chi connectivity index (χ3n) is 4.56. The molecule has 0 aromatic heterocycles. The quantitative estimate of drug-likeness (QED) is 0.772. The predicted octanol–water partition coefficient (Wildman–Crippen LogP) is 0.608. The maximum absolute atomic E-state index is 13.5. The standard InChI is InChI=1S/C13H20F3N3O2/c1-11(2)9(20)18(3)6-7-19(11)10(21)12(13(14,15)16)4-5-17-8-12/h17H,4-8H2,1-3H3. The average molecular weight is 307 g/mol. The molecule has 2 rings (SSSR count). The van der Waals surface area contributed by atoms with E-state index in [1.165, 1.54) is 18.7 Å². The Morgan fingerprint density at radius 2 is 1.90 bits per heavy atom. The molecule has 2 heterocycles. The number of rotatable bonds is 1. The Labute approximate surface area is 121 Å². The minimum Gasteiger partial charge on any atom is -0.342 e. The lowest BCUT2D eigenvalue weighted by Crippen LogP contribution is -2.67. The van der Waals surface area contributed by atoms with Crippen LogP contribution in [-0.2, 0) is 9.59 Å². The monoisotopic (exact) mass is 307 g/mol. The van der Waals surface area contributed by atoms with Gasteiger partial charge in [0.1, 0.15) is 5.54 Å². The summed E-state index contributed by atoms with van der Waals surface area (Å²) in [4.78, 5) is 27.3. The average Bonchev–Trinajstić information content (AvgIpc) is 2.85. The molecule has 1 unspecified atom stereocenters. The molecule has 2 aliphatic heterocycles. The molecule has 120 valence electrons. The molecule has 0 aromatic carbocycles. The molecule has 0 bridgehead atoms. The lowest BCUT2D eigenvalue weighted by atomic mass is 9.82. The van der Waals surface area contributed by atoms with Crippen molar-refractivity contribution in [2.75, 3.05) is 33.2 Å². The smallest absolute Gasteiger partial charge is 0.342 e. The summed E-state index contributed by atoms with van der Waals surface area (Å²) in [6, 6.07) is 0. The van der Waals surface area contributed by atoms with Crippen molar-refractivity contribution in [1.29, 1.82) is 0 Å². The Morgan fingerprint density at radius 1 is 1.29 bits per heavy atom. The maximum Gasteiger partial charge on any atom is 0.404 e. The molecule has 1 atom stereocenters. The molecule has 21 heavy (non-hydrogen) atoms. The second kappa shape index (κ2) is 4.86. The summed E-state index contributed by atoms with van der Waals surface area (Å²) >= 11 is 0. The number of likely N-dealkylation sites (N-methyl/N-ethyl adjacent to an activating group) is 1. The zero-order valence-electron chi connectivity index (χ0n) is 12.4. The molecule has 0 radical (unpaired) electrons. The normalized spacial score (nSPS) is 29.9. The molecule has 2 amide bonds. The lowest BCUT2D eigenvalue weighted by molar-refractivity contribution is -0.225. The van der Waals surface area contributed by atoms with Crippen LogP contribution in [0.1, 0.15) is 20.3 Å². The third kappa shape index (κ3) is 2.29. The van der Waals surface area contributed by atoms with Crippen molar-refractivity contribution in [3.05, 3.63) is 0 Å². The number of halogens is 3. The minimum atomic E-state index is -4.63. The number of alkyl halides is 3. The van der Waals surface area contributed by atoms with Gasteiger partial charge in [0.15, 0.2) is 5.41 Å². The molecular weight excluding hydrogens is 287 g/mol. The highest BCUT2D eigenvalue weighted by atomic mass is 19.4. The van der Waals surface area contributed by atoms with Gasteiger partial charge in [0.05, 0.1) is 0 Å². The van der Waals surface area contributed by atoms with Gasteiger partial charge >= 0.3 is 6.18 Å². The topological polar surface area (TPSA) is 52.6 Å². The minimum absolute atomic E-state index is 0.117. The van der Waals surface area contributed by atoms with E-state index in [9.17, 15) is 22.8 Å². The van der Waals surface area contributed by atoms with Crippen LogP contribution in [0.15, 0.2) is 0 Å². The van der Waals surface area contributed by atoms with Crippen LogP contribution in [0.2, 0.25) is 0 Å². The Balaban J connectivity index is 2.36. The first kappa shape index (κ1) is 16.1. The second-order valence-electron chi connectivity index (χ2n) is 6.25. The van der Waals surface area contributed by atoms with Gasteiger partial charge < -0.3 is 15.1 Å². The number of carbonyl (C=O) groups is 2. The largest absolute Gasteiger partial charge is 0.404 e. The molecule has 0 spiro atoms. The zero-order chi connectivity index (χ0) is 16.1. The van der Waals surface area contributed by atoms with E-state index >= 15 is 0 Å². The number of nitrogens with one attached hydrogen (secondary N) is 1. The molecule has 5 nitrogen and oxygen atoms in total. The summed E-state index contributed by atoms with van der Waals surface area (Å²) < 4.78 is 40.4. The van der Waals surface area contributed by atoms with Crippen LogP contribution in [0.4, 0.5) is 13.2 Å². The Kier molecular flexibility index (Phi) is 3.72. The lowest BCUT2D eigenvalue weighted by Gasteiger charge is -2.47. The van der Waals surface area contributed by atoms with E-state index in [4.69, 9.17) is 0 Å². The summed E-state index contributed by atoms with van der Waals surface area (Å²) in [7, 11) is 1.59. The number of piperazine rings is 1. The number of hydrogen-bond donors (Lipinski definition) is 1. The maximum atomic E-state index is 13.5. The van der Waals surface area contributed by atoms with Crippen molar-refractivity contribution in [3.8, 4) is 0 Å². The van der Waals surface area contributed by atoms with Gasteiger partial charge in [-0.15, -0.1) is 0 Å². The molecule has 0 aromatic rings. The van der Waals surface area contributed by atoms with Gasteiger partial charge in [-0.3, -0.25) is 9.59 Å². The summed E-state index contributed by atoms with van der Waals surface area (Å²) in [6.07, 6.45) is -4.91. The van der Waals surface area contributed by atoms with E-state index in [-0.39, 0.29) is 32.0 Å². The molecule has 2 fully saturated rings. The van der Waals surface area contributed by atoms with Crippen LogP contribution >= 0.6 is 0 Å². The van der Waals surface area contributed by atoms with Gasteiger partial charge in [0, 0.05) is 26.7 Å². The van der Waals surface area contributed by atoms with Gasteiger partial charge in [0.25, 0.3) is 0 Å². The third-order valence-corrected chi connectivity index (χ3v) is 4.56. The van der Waals surface area contributed by atoms with Gasteiger partial charge in [-0.1, -0.05) is 0 Å². The van der Waals surface area contributed by atoms with Crippen molar-refractivity contribution in [1.82, 2.24) is 15.1 Å². The van der Waals surface area contributed by atoms with Gasteiger partial charge in [0.2, 0.25) is 11.8 Å². The Hall–Kier alpha value is -1.31. The highest BCUT2D eigenvalue weighted by Crippen LogP contribution is 2.45. The van der Waals surface area contributed by atoms with Crippen LogP contribution < -0.4 is 5.32 Å². The van der Waals surface area contributed by atoms with Crippen molar-refractivity contribution < 1.29 is 22.8 Å². The summed E-state index contributed by atoms with van der Waals surface area (Å²) in [6.45, 7) is 3.07. The van der Waals surface area contributed by atoms with E-state index < -0.39 is 29.6 Å². The van der Waals surface area contributed by atoms with Crippen molar-refractivity contribution >= 4 is 11.8 Å². The van der Waals surface area contributed by atoms with Gasteiger partial charge in [-0.05, 0) is 26.8 Å². The fraction of sp³-hybridized carbons (Fsp3) is 0.846. The molecule has 0 saturated carbocycles. The molecule has 8 heteroatoms. The number of hydrogen-bond acceptors (Lipinski definition) is 3. The SMILES string of the molecule is CN1CCN(C(=O)C2(C(F)(F)F)CCNC2)C(C)(C)C1=O. The molecule has 2 aliphatic rings. The van der Waals surface area contributed by atoms with E-state index in [1.54, 1.807) is 7.05 Å². The first-order valence-corrected chi connectivity index (χ1v) is 6.89. The van der Waals surface area contributed by atoms with Crippen molar-refractivity contribution in [3.63, 3.8) is 0 Å². The van der Waals surface area contributed by atoms with E-state index in [2.05, 4.69) is 5.32 Å². The number of nitrogens with zero attached hydrogens (tertiary/aromatic N) is 2. The van der Waals surface area contributed by atoms with E-state index in [0.29, 0.717) is 0 Å². The number of carbonyl (C=O) groups excluding carboxylic acids is 2. The molecular formula is C13H20F3N3O2. The van der Waals surface area contributed by atoms with Gasteiger partial charge in [-0.25, -0.2) is 0 Å². The fourth-order valence-corrected chi connectivity index (χ4v) is 3.07. The van der Waals surface area contributed by atoms with Crippen molar-refractivity contribution in [2.45, 2.75) is 32.0 Å². The van der Waals surface area contributed by atoms with E-state index in [1.807, 2.05) is 0 Å². The Morgan fingerprint density at radius 3 is 2.38 bits per heavy atom. The number of amides is 2. The van der Waals surface area contributed by atoms with Crippen LogP contribution in [0, 0.1) is 5.41 Å². The summed E-state index contributed by atoms with van der Waals surface area (Å²) in [5.74, 6) is -1.34. The molecule has 2 saturated heterocycles. The Bertz CT molecular complexity index is 456. The first-order chi connectivity index (χ1) is 9.54. The fourth-order valence-electron chi connectivity index (χ4n) is 3.07. The van der Waals surface area contributed by atoms with Crippen LogP contribution in [0.3, 0.4) is 0 Å². The molecule has 0 aliphatic carbocycles. The highest BCUT2D eigenvalue weighted by molar-refractivity contribution is 5.94. The summed E-state index contributed by atoms with van der Waals surface area (Å²) in [5, 5.41) is 2.62. The second-order valence-corrected chi connectivity index (χ2v) is 6.25. The predicted molar refractivity (Wildman–Crippen MR) is 69.4 cm³/mol. The van der Waals surface area contributed by atoms with Gasteiger partial charge in [-0.2, -0.15) is 13.2 Å². The first-order valence-electron chi connectivity index (χ1n) is 6.89. The highest BCUT2D eigenvalue weighted by Gasteiger charge is 2.64. The zero-order valence-corrected chi connectivity index (χ0v) is 12.4. The summed E-state index contributed by atoms with van der Waals surface area (Å²) in [5.41, 5.74) is -3.68. The molecule has 1 N–H and O–H groups in total. The van der Waals surface area contributed by atoms with Crippen LogP contribution in [-0.4, -0.2) is 66.6 Å². The van der Waals surface area contributed by atoms with Crippen LogP contribution in [0.5, 0.6) is 0 Å². The van der Waals surface area contributed by atoms with Crippen molar-refractivity contribution in [2.24, 2.45) is 5.41 Å². The van der Waals surface area contributed by atoms with E-state index in [0.717, 1.165) is 4.90 Å².